The minimum atomic E-state index is -2.57. The summed E-state index contributed by atoms with van der Waals surface area (Å²) in [5.41, 5.74) is -0.387. The predicted octanol–water partition coefficient (Wildman–Crippen LogP) is 2.53. The Labute approximate surface area is 145 Å². The second-order valence-corrected chi connectivity index (χ2v) is 7.53. The van der Waals surface area contributed by atoms with E-state index in [0.29, 0.717) is 12.6 Å². The molecule has 3 rings (SSSR count). The lowest BCUT2D eigenvalue weighted by Gasteiger charge is -2.52. The van der Waals surface area contributed by atoms with Crippen LogP contribution in [0.3, 0.4) is 0 Å². The van der Waals surface area contributed by atoms with Gasteiger partial charge in [-0.15, -0.1) is 0 Å². The number of carbonyl (C=O) groups is 1. The largest absolute Gasteiger partial charge is 0.378 e. The number of nitrogens with zero attached hydrogens (tertiary/aromatic N) is 2. The van der Waals surface area contributed by atoms with Crippen LogP contribution >= 0.6 is 0 Å². The Hall–Kier alpha value is -1.83. The number of anilines is 1. The summed E-state index contributed by atoms with van der Waals surface area (Å²) in [6.45, 7) is 6.56. The highest BCUT2D eigenvalue weighted by atomic mass is 19.3. The molecule has 0 bridgehead atoms. The van der Waals surface area contributed by atoms with E-state index in [0.717, 1.165) is 25.2 Å². The number of ether oxygens (including phenoxy) is 1. The molecule has 2 N–H and O–H groups in total. The number of nitrogens with one attached hydrogen (secondary N) is 2. The van der Waals surface area contributed by atoms with Crippen molar-refractivity contribution in [3.8, 4) is 0 Å². The first-order valence-corrected chi connectivity index (χ1v) is 8.56. The van der Waals surface area contributed by atoms with E-state index < -0.39 is 6.43 Å². The van der Waals surface area contributed by atoms with Gasteiger partial charge in [0.1, 0.15) is 0 Å². The SMILES string of the molecule is CC1CC(C(=O)NC2CC(Nc3ncc(C(F)F)cn3)C2(C)C)CO1. The number of rotatable bonds is 5. The Morgan fingerprint density at radius 1 is 1.28 bits per heavy atom. The van der Waals surface area contributed by atoms with Crippen molar-refractivity contribution in [1.29, 1.82) is 0 Å². The van der Waals surface area contributed by atoms with Crippen LogP contribution in [0.1, 0.15) is 45.6 Å². The second-order valence-electron chi connectivity index (χ2n) is 7.53. The summed E-state index contributed by atoms with van der Waals surface area (Å²) in [7, 11) is 0. The van der Waals surface area contributed by atoms with E-state index in [1.54, 1.807) is 0 Å². The van der Waals surface area contributed by atoms with Crippen LogP contribution in [-0.2, 0) is 9.53 Å². The molecule has 0 aromatic carbocycles. The summed E-state index contributed by atoms with van der Waals surface area (Å²) in [5.74, 6) is 0.284. The molecule has 0 radical (unpaired) electrons. The van der Waals surface area contributed by atoms with Crippen molar-refractivity contribution >= 4 is 11.9 Å². The first-order chi connectivity index (χ1) is 11.8. The molecule has 138 valence electrons. The maximum atomic E-state index is 12.5. The van der Waals surface area contributed by atoms with Gasteiger partial charge in [0.15, 0.2) is 0 Å². The van der Waals surface area contributed by atoms with Gasteiger partial charge in [0.2, 0.25) is 11.9 Å². The number of hydrogen-bond donors (Lipinski definition) is 2. The average Bonchev–Trinajstić information content (AvgIpc) is 3.00. The van der Waals surface area contributed by atoms with Gasteiger partial charge in [-0.1, -0.05) is 13.8 Å². The van der Waals surface area contributed by atoms with E-state index in [2.05, 4.69) is 34.4 Å². The Morgan fingerprint density at radius 2 is 1.96 bits per heavy atom. The molecule has 0 spiro atoms. The van der Waals surface area contributed by atoms with Crippen LogP contribution in [0.15, 0.2) is 12.4 Å². The minimum Gasteiger partial charge on any atom is -0.378 e. The van der Waals surface area contributed by atoms with E-state index in [-0.39, 0.29) is 41.0 Å². The molecule has 1 amide bonds. The fourth-order valence-corrected chi connectivity index (χ4v) is 3.39. The fraction of sp³-hybridized carbons (Fsp3) is 0.706. The quantitative estimate of drug-likeness (QED) is 0.850. The van der Waals surface area contributed by atoms with Crippen molar-refractivity contribution in [3.05, 3.63) is 18.0 Å². The van der Waals surface area contributed by atoms with Gasteiger partial charge in [-0.05, 0) is 19.8 Å². The number of amides is 1. The van der Waals surface area contributed by atoms with Gasteiger partial charge in [-0.25, -0.2) is 18.7 Å². The fourth-order valence-electron chi connectivity index (χ4n) is 3.39. The van der Waals surface area contributed by atoms with Crippen molar-refractivity contribution < 1.29 is 18.3 Å². The van der Waals surface area contributed by atoms with Crippen molar-refractivity contribution in [3.63, 3.8) is 0 Å². The van der Waals surface area contributed by atoms with Crippen LogP contribution in [-0.4, -0.2) is 40.7 Å². The van der Waals surface area contributed by atoms with Crippen LogP contribution in [0.25, 0.3) is 0 Å². The van der Waals surface area contributed by atoms with E-state index >= 15 is 0 Å². The molecule has 6 nitrogen and oxygen atoms in total. The number of aromatic nitrogens is 2. The summed E-state index contributed by atoms with van der Waals surface area (Å²) < 4.78 is 30.5. The Morgan fingerprint density at radius 3 is 2.48 bits per heavy atom. The zero-order valence-electron chi connectivity index (χ0n) is 14.6. The first kappa shape index (κ1) is 18.0. The molecular weight excluding hydrogens is 330 g/mol. The highest BCUT2D eigenvalue weighted by molar-refractivity contribution is 5.79. The lowest BCUT2D eigenvalue weighted by Crippen LogP contribution is -2.64. The third-order valence-corrected chi connectivity index (χ3v) is 5.38. The number of carbonyl (C=O) groups excluding carboxylic acids is 1. The zero-order valence-corrected chi connectivity index (χ0v) is 14.6. The molecule has 1 aromatic rings. The topological polar surface area (TPSA) is 76.1 Å². The molecule has 1 aliphatic heterocycles. The smallest absolute Gasteiger partial charge is 0.266 e. The molecule has 25 heavy (non-hydrogen) atoms. The Bertz CT molecular complexity index is 624. The molecule has 1 aromatic heterocycles. The first-order valence-electron chi connectivity index (χ1n) is 8.56. The summed E-state index contributed by atoms with van der Waals surface area (Å²) in [6.07, 6.45) is 1.31. The summed E-state index contributed by atoms with van der Waals surface area (Å²) in [4.78, 5) is 20.2. The lowest BCUT2D eigenvalue weighted by atomic mass is 9.62. The number of alkyl halides is 2. The van der Waals surface area contributed by atoms with Crippen LogP contribution in [0.4, 0.5) is 14.7 Å². The lowest BCUT2D eigenvalue weighted by molar-refractivity contribution is -0.128. The van der Waals surface area contributed by atoms with Crippen LogP contribution in [0.5, 0.6) is 0 Å². The molecule has 1 aliphatic carbocycles. The highest BCUT2D eigenvalue weighted by Crippen LogP contribution is 2.42. The van der Waals surface area contributed by atoms with Crippen LogP contribution < -0.4 is 10.6 Å². The van der Waals surface area contributed by atoms with Gasteiger partial charge in [-0.3, -0.25) is 4.79 Å². The van der Waals surface area contributed by atoms with Gasteiger partial charge in [0.25, 0.3) is 6.43 Å². The van der Waals surface area contributed by atoms with Gasteiger partial charge < -0.3 is 15.4 Å². The molecule has 1 saturated heterocycles. The molecule has 2 heterocycles. The van der Waals surface area contributed by atoms with Crippen molar-refractivity contribution in [2.24, 2.45) is 11.3 Å². The van der Waals surface area contributed by atoms with Crippen molar-refractivity contribution in [1.82, 2.24) is 15.3 Å². The normalized spacial score (nSPS) is 30.8. The number of hydrogen-bond acceptors (Lipinski definition) is 5. The average molecular weight is 354 g/mol. The molecule has 2 fully saturated rings. The monoisotopic (exact) mass is 354 g/mol. The third kappa shape index (κ3) is 3.73. The van der Waals surface area contributed by atoms with Gasteiger partial charge in [0.05, 0.1) is 24.2 Å². The van der Waals surface area contributed by atoms with Crippen molar-refractivity contribution in [2.75, 3.05) is 11.9 Å². The standard InChI is InChI=1S/C17H24F2N4O2/c1-9-4-10(8-25-9)15(24)22-12-5-13(17(12,2)3)23-16-20-6-11(7-21-16)14(18)19/h6-7,9-10,12-14H,4-5,8H2,1-3H3,(H,22,24)(H,20,21,23). The third-order valence-electron chi connectivity index (χ3n) is 5.38. The molecular formula is C17H24F2N4O2. The van der Waals surface area contributed by atoms with Crippen LogP contribution in [0.2, 0.25) is 0 Å². The van der Waals surface area contributed by atoms with E-state index in [1.165, 1.54) is 0 Å². The zero-order chi connectivity index (χ0) is 18.2. The second kappa shape index (κ2) is 6.82. The van der Waals surface area contributed by atoms with Gasteiger partial charge >= 0.3 is 0 Å². The number of halogens is 2. The molecule has 4 unspecified atom stereocenters. The summed E-state index contributed by atoms with van der Waals surface area (Å²) in [5, 5.41) is 6.28. The maximum Gasteiger partial charge on any atom is 0.266 e. The van der Waals surface area contributed by atoms with Gasteiger partial charge in [-0.2, -0.15) is 0 Å². The Balaban J connectivity index is 1.53. The minimum absolute atomic E-state index is 0.0402. The van der Waals surface area contributed by atoms with E-state index in [1.807, 2.05) is 6.92 Å². The molecule has 4 atom stereocenters. The van der Waals surface area contributed by atoms with E-state index in [4.69, 9.17) is 4.74 Å². The Kier molecular flexibility index (Phi) is 4.90. The summed E-state index contributed by atoms with van der Waals surface area (Å²) >= 11 is 0. The van der Waals surface area contributed by atoms with Crippen molar-refractivity contribution in [2.45, 2.75) is 58.2 Å². The predicted molar refractivity (Wildman–Crippen MR) is 88.2 cm³/mol. The van der Waals surface area contributed by atoms with Gasteiger partial charge in [0, 0.05) is 29.9 Å². The maximum absolute atomic E-state index is 12.5. The molecule has 1 saturated carbocycles. The highest BCUT2D eigenvalue weighted by Gasteiger charge is 2.49. The molecule has 2 aliphatic rings. The van der Waals surface area contributed by atoms with E-state index in [9.17, 15) is 13.6 Å². The van der Waals surface area contributed by atoms with Crippen LogP contribution in [0, 0.1) is 11.3 Å². The summed E-state index contributed by atoms with van der Waals surface area (Å²) in [6, 6.07) is 0.114. The molecule has 8 heteroatoms.